The molecular weight excluding hydrogens is 244 g/mol. The molecule has 0 spiro atoms. The van der Waals surface area contributed by atoms with E-state index in [1.54, 1.807) is 0 Å². The molecular formula is C16H23ClO. The van der Waals surface area contributed by atoms with E-state index in [0.717, 1.165) is 12.3 Å². The summed E-state index contributed by atoms with van der Waals surface area (Å²) in [7, 11) is 0. The van der Waals surface area contributed by atoms with Gasteiger partial charge in [0.1, 0.15) is 0 Å². The minimum Gasteiger partial charge on any atom is -0.276 e. The second-order valence-corrected chi connectivity index (χ2v) is 5.95. The molecule has 0 saturated carbocycles. The van der Waals surface area contributed by atoms with Gasteiger partial charge in [-0.25, -0.2) is 0 Å². The molecule has 0 N–H and O–H groups in total. The molecule has 0 aliphatic carbocycles. The standard InChI is InChI=1S/C16H23ClO/c1-12(2)5-4-6-13(3)11-14-7-9-15(10-8-14)16(17)18/h7-10,12-13H,4-6,11H2,1-3H3. The highest BCUT2D eigenvalue weighted by atomic mass is 35.5. The monoisotopic (exact) mass is 266 g/mol. The Morgan fingerprint density at radius 1 is 1.11 bits per heavy atom. The largest absolute Gasteiger partial charge is 0.276 e. The van der Waals surface area contributed by atoms with Crippen LogP contribution in [0.15, 0.2) is 24.3 Å². The van der Waals surface area contributed by atoms with Gasteiger partial charge in [-0.05, 0) is 47.6 Å². The Morgan fingerprint density at radius 3 is 2.22 bits per heavy atom. The maximum Gasteiger partial charge on any atom is 0.252 e. The van der Waals surface area contributed by atoms with Gasteiger partial charge in [0.15, 0.2) is 0 Å². The van der Waals surface area contributed by atoms with Gasteiger partial charge in [0.2, 0.25) is 0 Å². The van der Waals surface area contributed by atoms with Gasteiger partial charge in [0.25, 0.3) is 5.24 Å². The Balaban J connectivity index is 2.39. The topological polar surface area (TPSA) is 17.1 Å². The van der Waals surface area contributed by atoms with E-state index in [1.165, 1.54) is 24.8 Å². The summed E-state index contributed by atoms with van der Waals surface area (Å²) in [5, 5.41) is -0.383. The second-order valence-electron chi connectivity index (χ2n) is 5.60. The van der Waals surface area contributed by atoms with Gasteiger partial charge in [-0.15, -0.1) is 0 Å². The summed E-state index contributed by atoms with van der Waals surface area (Å²) in [6, 6.07) is 7.64. The van der Waals surface area contributed by atoms with Crippen LogP contribution in [0.5, 0.6) is 0 Å². The predicted octanol–water partition coefficient (Wildman–Crippen LogP) is 5.07. The van der Waals surface area contributed by atoms with Crippen LogP contribution < -0.4 is 0 Å². The number of carbonyl (C=O) groups excluding carboxylic acids is 1. The third-order valence-corrected chi connectivity index (χ3v) is 3.46. The lowest BCUT2D eigenvalue weighted by Crippen LogP contribution is -2.01. The number of rotatable bonds is 7. The summed E-state index contributed by atoms with van der Waals surface area (Å²) in [5.74, 6) is 1.49. The number of halogens is 1. The molecule has 2 heteroatoms. The van der Waals surface area contributed by atoms with Crippen molar-refractivity contribution >= 4 is 16.8 Å². The summed E-state index contributed by atoms with van der Waals surface area (Å²) in [4.78, 5) is 10.9. The highest BCUT2D eigenvalue weighted by Gasteiger charge is 2.06. The zero-order valence-electron chi connectivity index (χ0n) is 11.6. The number of benzene rings is 1. The van der Waals surface area contributed by atoms with E-state index in [4.69, 9.17) is 11.6 Å². The van der Waals surface area contributed by atoms with Crippen LogP contribution in [0, 0.1) is 11.8 Å². The van der Waals surface area contributed by atoms with E-state index in [2.05, 4.69) is 20.8 Å². The molecule has 100 valence electrons. The van der Waals surface area contributed by atoms with Crippen LogP contribution in [0.4, 0.5) is 0 Å². The van der Waals surface area contributed by atoms with E-state index in [9.17, 15) is 4.79 Å². The van der Waals surface area contributed by atoms with Crippen LogP contribution in [0.2, 0.25) is 0 Å². The third kappa shape index (κ3) is 5.68. The van der Waals surface area contributed by atoms with Crippen molar-refractivity contribution in [3.63, 3.8) is 0 Å². The fourth-order valence-electron chi connectivity index (χ4n) is 2.15. The van der Waals surface area contributed by atoms with Gasteiger partial charge in [-0.1, -0.05) is 52.2 Å². The highest BCUT2D eigenvalue weighted by Crippen LogP contribution is 2.17. The average molecular weight is 267 g/mol. The molecule has 0 heterocycles. The van der Waals surface area contributed by atoms with E-state index in [-0.39, 0.29) is 5.24 Å². The van der Waals surface area contributed by atoms with Crippen LogP contribution in [0.3, 0.4) is 0 Å². The maximum atomic E-state index is 10.9. The van der Waals surface area contributed by atoms with Crippen molar-refractivity contribution in [2.75, 3.05) is 0 Å². The van der Waals surface area contributed by atoms with Gasteiger partial charge < -0.3 is 0 Å². The summed E-state index contributed by atoms with van der Waals surface area (Å²) in [6.45, 7) is 6.83. The second kappa shape index (κ2) is 7.58. The first kappa shape index (κ1) is 15.2. The SMILES string of the molecule is CC(C)CCCC(C)Cc1ccc(C(=O)Cl)cc1. The van der Waals surface area contributed by atoms with E-state index < -0.39 is 0 Å². The van der Waals surface area contributed by atoms with Crippen LogP contribution >= 0.6 is 11.6 Å². The first-order valence-electron chi connectivity index (χ1n) is 6.77. The molecule has 0 amide bonds. The molecule has 18 heavy (non-hydrogen) atoms. The Hall–Kier alpha value is -0.820. The first-order chi connectivity index (χ1) is 8.49. The fraction of sp³-hybridized carbons (Fsp3) is 0.562. The van der Waals surface area contributed by atoms with Gasteiger partial charge in [-0.3, -0.25) is 4.79 Å². The lowest BCUT2D eigenvalue weighted by atomic mass is 9.94. The minimum absolute atomic E-state index is 0.383. The highest BCUT2D eigenvalue weighted by molar-refractivity contribution is 6.67. The van der Waals surface area contributed by atoms with E-state index in [1.807, 2.05) is 24.3 Å². The number of hydrogen-bond donors (Lipinski definition) is 0. The van der Waals surface area contributed by atoms with Crippen LogP contribution in [0.1, 0.15) is 56.0 Å². The molecule has 1 atom stereocenters. The Labute approximate surface area is 116 Å². The summed E-state index contributed by atoms with van der Waals surface area (Å²) in [5.41, 5.74) is 1.86. The summed E-state index contributed by atoms with van der Waals surface area (Å²) in [6.07, 6.45) is 4.96. The number of carbonyl (C=O) groups is 1. The molecule has 1 unspecified atom stereocenters. The van der Waals surface area contributed by atoms with Gasteiger partial charge in [0, 0.05) is 5.56 Å². The Bertz CT molecular complexity index is 367. The van der Waals surface area contributed by atoms with E-state index >= 15 is 0 Å². The third-order valence-electron chi connectivity index (χ3n) is 3.24. The molecule has 0 fully saturated rings. The smallest absolute Gasteiger partial charge is 0.252 e. The maximum absolute atomic E-state index is 10.9. The molecule has 0 radical (unpaired) electrons. The number of hydrogen-bond acceptors (Lipinski definition) is 1. The lowest BCUT2D eigenvalue weighted by Gasteiger charge is -2.12. The first-order valence-corrected chi connectivity index (χ1v) is 7.15. The van der Waals surface area contributed by atoms with Gasteiger partial charge in [0.05, 0.1) is 0 Å². The van der Waals surface area contributed by atoms with Crippen molar-refractivity contribution in [3.8, 4) is 0 Å². The average Bonchev–Trinajstić information content (AvgIpc) is 2.29. The van der Waals surface area contributed by atoms with Crippen molar-refractivity contribution in [1.82, 2.24) is 0 Å². The summed E-state index contributed by atoms with van der Waals surface area (Å²) >= 11 is 5.42. The predicted molar refractivity (Wildman–Crippen MR) is 78.2 cm³/mol. The van der Waals surface area contributed by atoms with E-state index in [0.29, 0.717) is 11.5 Å². The van der Waals surface area contributed by atoms with Crippen LogP contribution in [-0.4, -0.2) is 5.24 Å². The lowest BCUT2D eigenvalue weighted by molar-refractivity contribution is 0.108. The molecule has 1 nitrogen and oxygen atoms in total. The molecule has 1 aromatic carbocycles. The van der Waals surface area contributed by atoms with Crippen molar-refractivity contribution in [2.24, 2.45) is 11.8 Å². The molecule has 0 saturated heterocycles. The molecule has 0 bridgehead atoms. The molecule has 0 aromatic heterocycles. The van der Waals surface area contributed by atoms with Crippen molar-refractivity contribution in [3.05, 3.63) is 35.4 Å². The van der Waals surface area contributed by atoms with Crippen LogP contribution in [-0.2, 0) is 6.42 Å². The van der Waals surface area contributed by atoms with Crippen molar-refractivity contribution in [2.45, 2.75) is 46.5 Å². The van der Waals surface area contributed by atoms with Crippen LogP contribution in [0.25, 0.3) is 0 Å². The van der Waals surface area contributed by atoms with Gasteiger partial charge >= 0.3 is 0 Å². The van der Waals surface area contributed by atoms with Crippen molar-refractivity contribution in [1.29, 1.82) is 0 Å². The van der Waals surface area contributed by atoms with Crippen molar-refractivity contribution < 1.29 is 4.79 Å². The zero-order valence-corrected chi connectivity index (χ0v) is 12.3. The molecule has 1 rings (SSSR count). The molecule has 0 aliphatic heterocycles. The Kier molecular flexibility index (Phi) is 6.42. The minimum atomic E-state index is -0.383. The van der Waals surface area contributed by atoms with Gasteiger partial charge in [-0.2, -0.15) is 0 Å². The molecule has 1 aromatic rings. The zero-order chi connectivity index (χ0) is 13.5. The fourth-order valence-corrected chi connectivity index (χ4v) is 2.28. The Morgan fingerprint density at radius 2 is 1.72 bits per heavy atom. The quantitative estimate of drug-likeness (QED) is 0.630. The normalized spacial score (nSPS) is 12.7. The summed E-state index contributed by atoms with van der Waals surface area (Å²) < 4.78 is 0. The molecule has 0 aliphatic rings.